The number of rotatable bonds is 5. The summed E-state index contributed by atoms with van der Waals surface area (Å²) in [6, 6.07) is 0. The molecule has 2 nitrogen and oxygen atoms in total. The summed E-state index contributed by atoms with van der Waals surface area (Å²) in [5, 5.41) is 0. The number of nitrogens with zero attached hydrogens (tertiary/aromatic N) is 2. The van der Waals surface area contributed by atoms with Crippen LogP contribution in [0.1, 0.15) is 32.1 Å². The summed E-state index contributed by atoms with van der Waals surface area (Å²) in [7, 11) is 0. The average Bonchev–Trinajstić information content (AvgIpc) is 2.98. The van der Waals surface area contributed by atoms with Gasteiger partial charge in [-0.05, 0) is 45.3 Å². The van der Waals surface area contributed by atoms with E-state index in [9.17, 15) is 0 Å². The third-order valence-corrected chi connectivity index (χ3v) is 3.70. The average molecular weight is 200 g/mol. The highest BCUT2D eigenvalue weighted by Gasteiger charge is 2.17. The molecule has 0 saturated carbocycles. The summed E-state index contributed by atoms with van der Waals surface area (Å²) in [5.41, 5.74) is 0. The van der Waals surface area contributed by atoms with Crippen molar-refractivity contribution in [2.45, 2.75) is 32.1 Å². The van der Waals surface area contributed by atoms with Crippen LogP contribution < -0.4 is 0 Å². The zero-order valence-corrected chi connectivity index (χ0v) is 9.19. The molecule has 0 bridgehead atoms. The number of piperidine rings is 1. The van der Waals surface area contributed by atoms with Crippen molar-refractivity contribution < 1.29 is 0 Å². The lowest BCUT2D eigenvalue weighted by Crippen LogP contribution is -2.30. The quantitative estimate of drug-likeness (QED) is 0.381. The van der Waals surface area contributed by atoms with Crippen molar-refractivity contribution >= 4 is 11.9 Å². The van der Waals surface area contributed by atoms with Crippen LogP contribution in [-0.4, -0.2) is 41.3 Å². The molecule has 2 heterocycles. The van der Waals surface area contributed by atoms with E-state index >= 15 is 0 Å². The zero-order chi connectivity index (χ0) is 8.93. The Balaban J connectivity index is 1.46. The molecule has 0 aliphatic carbocycles. The molecule has 0 radical (unpaired) electrons. The fourth-order valence-electron chi connectivity index (χ4n) is 1.98. The van der Waals surface area contributed by atoms with Gasteiger partial charge in [0.15, 0.2) is 0 Å². The Morgan fingerprint density at radius 3 is 2.31 bits per heavy atom. The first-order valence-electron chi connectivity index (χ1n) is 5.55. The third-order valence-electron chi connectivity index (χ3n) is 2.89. The predicted octanol–water partition coefficient (Wildman–Crippen LogP) is 2.17. The van der Waals surface area contributed by atoms with Gasteiger partial charge >= 0.3 is 0 Å². The normalized spacial score (nSPS) is 29.1. The molecule has 0 aromatic rings. The minimum atomic E-state index is 1.28. The fourth-order valence-corrected chi connectivity index (χ4v) is 2.45. The van der Waals surface area contributed by atoms with Gasteiger partial charge in [0.25, 0.3) is 0 Å². The van der Waals surface area contributed by atoms with Crippen LogP contribution >= 0.6 is 11.9 Å². The van der Waals surface area contributed by atoms with E-state index < -0.39 is 0 Å². The predicted molar refractivity (Wildman–Crippen MR) is 58.7 cm³/mol. The summed E-state index contributed by atoms with van der Waals surface area (Å²) < 4.78 is 2.44. The maximum atomic E-state index is 2.64. The van der Waals surface area contributed by atoms with E-state index in [4.69, 9.17) is 0 Å². The fraction of sp³-hybridized carbons (Fsp3) is 1.00. The minimum absolute atomic E-state index is 1.28. The standard InChI is InChI=1S/C10H20N2S/c1-2-6-11(7-3-1)8-4-5-9-12-10-13-12/h1-10H2. The highest BCUT2D eigenvalue weighted by molar-refractivity contribution is 8.02. The smallest absolute Gasteiger partial charge is 0.0694 e. The van der Waals surface area contributed by atoms with E-state index in [-0.39, 0.29) is 0 Å². The second-order valence-electron chi connectivity index (χ2n) is 4.07. The second-order valence-corrected chi connectivity index (χ2v) is 5.11. The van der Waals surface area contributed by atoms with Crippen LogP contribution in [0.3, 0.4) is 0 Å². The Morgan fingerprint density at radius 2 is 1.62 bits per heavy atom. The van der Waals surface area contributed by atoms with Gasteiger partial charge in [0.2, 0.25) is 0 Å². The van der Waals surface area contributed by atoms with Crippen LogP contribution in [0.25, 0.3) is 0 Å². The van der Waals surface area contributed by atoms with E-state index in [1.807, 2.05) is 11.9 Å². The monoisotopic (exact) mass is 200 g/mol. The lowest BCUT2D eigenvalue weighted by Gasteiger charge is -2.26. The Kier molecular flexibility index (Phi) is 3.94. The Labute approximate surface area is 85.8 Å². The van der Waals surface area contributed by atoms with Crippen LogP contribution in [-0.2, 0) is 0 Å². The van der Waals surface area contributed by atoms with Crippen LogP contribution in [0.5, 0.6) is 0 Å². The lowest BCUT2D eigenvalue weighted by molar-refractivity contribution is 0.224. The maximum absolute atomic E-state index is 2.64. The first-order chi connectivity index (χ1) is 6.45. The first kappa shape index (κ1) is 9.81. The van der Waals surface area contributed by atoms with E-state index in [2.05, 4.69) is 9.21 Å². The molecule has 1 unspecified atom stereocenters. The molecular weight excluding hydrogens is 180 g/mol. The molecule has 0 N–H and O–H groups in total. The lowest BCUT2D eigenvalue weighted by atomic mass is 10.1. The van der Waals surface area contributed by atoms with Gasteiger partial charge in [-0.1, -0.05) is 18.4 Å². The van der Waals surface area contributed by atoms with Gasteiger partial charge in [-0.3, -0.25) is 0 Å². The van der Waals surface area contributed by atoms with Gasteiger partial charge in [-0.15, -0.1) is 0 Å². The summed E-state index contributed by atoms with van der Waals surface area (Å²) in [4.78, 5) is 2.64. The highest BCUT2D eigenvalue weighted by atomic mass is 32.2. The molecule has 2 rings (SSSR count). The van der Waals surface area contributed by atoms with E-state index in [0.29, 0.717) is 0 Å². The van der Waals surface area contributed by atoms with Crippen molar-refractivity contribution in [2.24, 2.45) is 0 Å². The van der Waals surface area contributed by atoms with Crippen molar-refractivity contribution in [1.29, 1.82) is 0 Å². The molecule has 2 aliphatic heterocycles. The molecule has 2 saturated heterocycles. The minimum Gasteiger partial charge on any atom is -0.303 e. The van der Waals surface area contributed by atoms with Crippen molar-refractivity contribution in [3.05, 3.63) is 0 Å². The largest absolute Gasteiger partial charge is 0.303 e. The second kappa shape index (κ2) is 5.23. The van der Waals surface area contributed by atoms with E-state index in [0.717, 1.165) is 0 Å². The van der Waals surface area contributed by atoms with Crippen LogP contribution in [0.4, 0.5) is 0 Å². The number of likely N-dealkylation sites (tertiary alicyclic amines) is 1. The molecule has 0 aromatic carbocycles. The molecule has 2 fully saturated rings. The van der Waals surface area contributed by atoms with Gasteiger partial charge < -0.3 is 4.90 Å². The molecule has 1 atom stereocenters. The van der Waals surface area contributed by atoms with Crippen LogP contribution in [0.15, 0.2) is 0 Å². The number of hydrogen-bond acceptors (Lipinski definition) is 3. The van der Waals surface area contributed by atoms with E-state index in [1.54, 1.807) is 0 Å². The van der Waals surface area contributed by atoms with Gasteiger partial charge in [0.05, 0.1) is 5.88 Å². The molecule has 0 spiro atoms. The molecule has 76 valence electrons. The molecule has 0 aromatic heterocycles. The Bertz CT molecular complexity index is 142. The number of unbranched alkanes of at least 4 members (excludes halogenated alkanes) is 1. The van der Waals surface area contributed by atoms with E-state index in [1.165, 1.54) is 64.2 Å². The summed E-state index contributed by atoms with van der Waals surface area (Å²) in [5.74, 6) is 1.28. The molecular formula is C10H20N2S. The van der Waals surface area contributed by atoms with Crippen molar-refractivity contribution in [2.75, 3.05) is 32.1 Å². The molecule has 13 heavy (non-hydrogen) atoms. The topological polar surface area (TPSA) is 6.25 Å². The SMILES string of the molecule is C1CCN(CCCCN2CS2)CC1. The van der Waals surface area contributed by atoms with Crippen LogP contribution in [0.2, 0.25) is 0 Å². The van der Waals surface area contributed by atoms with Gasteiger partial charge in [-0.25, -0.2) is 4.31 Å². The van der Waals surface area contributed by atoms with Crippen molar-refractivity contribution in [3.8, 4) is 0 Å². The molecule has 3 heteroatoms. The van der Waals surface area contributed by atoms with Gasteiger partial charge in [0, 0.05) is 6.54 Å². The Morgan fingerprint density at radius 1 is 0.923 bits per heavy atom. The first-order valence-corrected chi connectivity index (χ1v) is 6.49. The summed E-state index contributed by atoms with van der Waals surface area (Å²) >= 11 is 1.97. The van der Waals surface area contributed by atoms with Crippen molar-refractivity contribution in [1.82, 2.24) is 9.21 Å². The van der Waals surface area contributed by atoms with Gasteiger partial charge in [0.1, 0.15) is 0 Å². The maximum Gasteiger partial charge on any atom is 0.0694 e. The summed E-state index contributed by atoms with van der Waals surface area (Å²) in [6.45, 7) is 5.38. The Hall–Kier alpha value is 0.270. The molecule has 2 aliphatic rings. The van der Waals surface area contributed by atoms with Gasteiger partial charge in [-0.2, -0.15) is 0 Å². The van der Waals surface area contributed by atoms with Crippen molar-refractivity contribution in [3.63, 3.8) is 0 Å². The summed E-state index contributed by atoms with van der Waals surface area (Å²) in [6.07, 6.45) is 7.12. The highest BCUT2D eigenvalue weighted by Crippen LogP contribution is 2.27. The molecule has 0 amide bonds. The third kappa shape index (κ3) is 3.88. The van der Waals surface area contributed by atoms with Crippen LogP contribution in [0, 0.1) is 0 Å². The number of hydrogen-bond donors (Lipinski definition) is 0. The zero-order valence-electron chi connectivity index (χ0n) is 8.37.